The van der Waals surface area contributed by atoms with Crippen LogP contribution in [0.5, 0.6) is 5.75 Å². The Morgan fingerprint density at radius 1 is 1.00 bits per heavy atom. The summed E-state index contributed by atoms with van der Waals surface area (Å²) in [4.78, 5) is 59.7. The van der Waals surface area contributed by atoms with Crippen LogP contribution >= 0.6 is 18.9 Å². The van der Waals surface area contributed by atoms with Crippen LogP contribution in [0.2, 0.25) is 0 Å². The number of carbonyl (C=O) groups excluding carboxylic acids is 4. The molecule has 0 bridgehead atoms. The topological polar surface area (TPSA) is 182 Å². The molecule has 2 N–H and O–H groups in total. The maximum atomic E-state index is 16.6. The van der Waals surface area contributed by atoms with E-state index in [0.29, 0.717) is 67.1 Å². The van der Waals surface area contributed by atoms with Gasteiger partial charge in [0.05, 0.1) is 40.6 Å². The minimum atomic E-state index is -4.47. The Hall–Kier alpha value is -5.60. The number of nitrogens with one attached hydrogen (secondary N) is 2. The zero-order valence-corrected chi connectivity index (χ0v) is 36.9. The van der Waals surface area contributed by atoms with Crippen molar-refractivity contribution in [2.45, 2.75) is 113 Å². The summed E-state index contributed by atoms with van der Waals surface area (Å²) < 4.78 is 42.5. The molecule has 3 unspecified atom stereocenters. The highest BCUT2D eigenvalue weighted by molar-refractivity contribution is 7.57. The van der Waals surface area contributed by atoms with Crippen molar-refractivity contribution in [1.82, 2.24) is 20.2 Å². The van der Waals surface area contributed by atoms with Gasteiger partial charge in [-0.25, -0.2) is 9.48 Å². The van der Waals surface area contributed by atoms with Gasteiger partial charge in [-0.05, 0) is 111 Å². The molecule has 4 aliphatic rings. The number of nitriles is 2. The van der Waals surface area contributed by atoms with Gasteiger partial charge in [0.2, 0.25) is 17.7 Å². The van der Waals surface area contributed by atoms with E-state index < -0.39 is 54.9 Å². The second-order valence-corrected chi connectivity index (χ2v) is 20.2. The Morgan fingerprint density at radius 2 is 1.78 bits per heavy atom. The lowest BCUT2D eigenvalue weighted by Crippen LogP contribution is -2.57. The van der Waals surface area contributed by atoms with Crippen molar-refractivity contribution < 1.29 is 37.4 Å². The van der Waals surface area contributed by atoms with Crippen molar-refractivity contribution in [3.05, 3.63) is 100 Å². The molecule has 3 saturated heterocycles. The van der Waals surface area contributed by atoms with Crippen molar-refractivity contribution in [1.29, 1.82) is 10.5 Å². The lowest BCUT2D eigenvalue weighted by Gasteiger charge is -2.37. The van der Waals surface area contributed by atoms with Gasteiger partial charge in [-0.15, -0.1) is 11.3 Å². The number of benzene rings is 3. The second-order valence-electron chi connectivity index (χ2n) is 17.1. The number of ether oxygens (including phenoxy) is 1. The Bertz CT molecular complexity index is 2540. The largest absolute Gasteiger partial charge is 0.465 e. The first-order chi connectivity index (χ1) is 30.4. The third kappa shape index (κ3) is 8.71. The number of fused-ring (bicyclic) bond motifs is 2. The van der Waals surface area contributed by atoms with E-state index in [4.69, 9.17) is 9.26 Å². The van der Waals surface area contributed by atoms with E-state index in [9.17, 15) is 34.3 Å². The zero-order valence-electron chi connectivity index (χ0n) is 35.2. The summed E-state index contributed by atoms with van der Waals surface area (Å²) in [5.74, 6) is -4.42. The van der Waals surface area contributed by atoms with E-state index >= 15 is 4.39 Å². The quantitative estimate of drug-likeness (QED) is 0.0979. The molecule has 63 heavy (non-hydrogen) atoms. The van der Waals surface area contributed by atoms with Crippen molar-refractivity contribution in [2.75, 3.05) is 13.2 Å². The van der Waals surface area contributed by atoms with Gasteiger partial charge in [-0.2, -0.15) is 10.5 Å². The third-order valence-electron chi connectivity index (χ3n) is 12.9. The number of likely N-dealkylation sites (tertiary alicyclic amines) is 1. The first kappa shape index (κ1) is 44.0. The number of rotatable bonds is 13. The van der Waals surface area contributed by atoms with Gasteiger partial charge in [0, 0.05) is 23.2 Å². The number of thiophene rings is 1. The standard InChI is InChI=1S/C47H50FN6O7PS/c1-3-22-60-46(58)29(2)52-62(59,61-35-13-5-4-6-14-35)42(48)32-16-19-40-33(24-32)25-41(63-40)43(55)51-38-15-8-7-12-34-17-18-39(54(34)44(38)56)45(57)53-28-36(37(27-50)47(53)20-21-47)31-11-9-10-30(23-31)26-49/h4-6,9-11,13-14,16,19,23-25,29,34,36-39,42H,3,7-8,12,15,17-18,20-22,28H2,1-2H3,(H,51,55)(H,52,59)/t29-,34-,36?,37-,38?,39-,42+,62?/m0/s1. The van der Waals surface area contributed by atoms with Crippen LogP contribution in [0, 0.1) is 28.6 Å². The van der Waals surface area contributed by atoms with Gasteiger partial charge in [-0.3, -0.25) is 23.7 Å². The molecule has 3 amide bonds. The van der Waals surface area contributed by atoms with Crippen LogP contribution in [0.25, 0.3) is 10.1 Å². The fourth-order valence-corrected chi connectivity index (χ4v) is 12.5. The molecule has 13 nitrogen and oxygen atoms in total. The maximum Gasteiger partial charge on any atom is 0.355 e. The normalized spacial score (nSPS) is 24.5. The highest BCUT2D eigenvalue weighted by Crippen LogP contribution is 2.59. The van der Waals surface area contributed by atoms with Crippen LogP contribution in [0.3, 0.4) is 0 Å². The van der Waals surface area contributed by atoms with E-state index in [2.05, 4.69) is 22.5 Å². The second kappa shape index (κ2) is 18.2. The molecule has 1 aromatic heterocycles. The molecule has 4 aromatic rings. The molecule has 1 aliphatic carbocycles. The van der Waals surface area contributed by atoms with Gasteiger partial charge >= 0.3 is 13.5 Å². The van der Waals surface area contributed by atoms with Crippen LogP contribution in [-0.4, -0.2) is 76.3 Å². The summed E-state index contributed by atoms with van der Waals surface area (Å²) in [5, 5.41) is 26.0. The highest BCUT2D eigenvalue weighted by Gasteiger charge is 2.64. The zero-order chi connectivity index (χ0) is 44.5. The highest BCUT2D eigenvalue weighted by atomic mass is 32.1. The van der Waals surface area contributed by atoms with Crippen molar-refractivity contribution in [3.63, 3.8) is 0 Å². The number of para-hydroxylation sites is 1. The summed E-state index contributed by atoms with van der Waals surface area (Å²) in [7, 11) is -4.47. The van der Waals surface area contributed by atoms with Gasteiger partial charge in [-0.1, -0.05) is 56.2 Å². The van der Waals surface area contributed by atoms with E-state index in [1.165, 1.54) is 42.5 Å². The predicted octanol–water partition coefficient (Wildman–Crippen LogP) is 8.27. The molecular formula is C47H50FN6O7PS. The molecule has 3 aliphatic heterocycles. The number of hydrogen-bond donors (Lipinski definition) is 2. The lowest BCUT2D eigenvalue weighted by molar-refractivity contribution is -0.148. The van der Waals surface area contributed by atoms with Crippen molar-refractivity contribution in [3.8, 4) is 17.9 Å². The monoisotopic (exact) mass is 892 g/mol. The average Bonchev–Trinajstić information content (AvgIpc) is 3.61. The number of halogens is 1. The van der Waals surface area contributed by atoms with E-state index in [0.717, 1.165) is 18.4 Å². The van der Waals surface area contributed by atoms with Crippen molar-refractivity contribution in [2.24, 2.45) is 5.92 Å². The molecule has 8 rings (SSSR count). The maximum absolute atomic E-state index is 16.6. The average molecular weight is 893 g/mol. The minimum Gasteiger partial charge on any atom is -0.465 e. The number of esters is 1. The number of carbonyl (C=O) groups is 4. The SMILES string of the molecule is CCCOC(=O)[C@H](C)NP(=O)(Oc1ccccc1)[C@@H](F)c1ccc2sc(C(=O)NC3CCCC[C@H]4CC[C@@H](C(=O)N5CC(c6cccc(C#N)c6)[C@H](C#N)C56CC6)N4C3=O)cc2c1. The Balaban J connectivity index is 0.993. The van der Waals surface area contributed by atoms with Crippen LogP contribution in [0.15, 0.2) is 78.9 Å². The summed E-state index contributed by atoms with van der Waals surface area (Å²) in [6.07, 6.45) is 5.80. The summed E-state index contributed by atoms with van der Waals surface area (Å²) >= 11 is 1.17. The molecule has 4 fully saturated rings. The Morgan fingerprint density at radius 3 is 2.51 bits per heavy atom. The third-order valence-corrected chi connectivity index (χ3v) is 16.2. The molecule has 4 heterocycles. The van der Waals surface area contributed by atoms with Gasteiger partial charge in [0.15, 0.2) is 0 Å². The molecule has 8 atom stereocenters. The first-order valence-electron chi connectivity index (χ1n) is 21.7. The number of amides is 3. The van der Waals surface area contributed by atoms with E-state index in [1.807, 2.05) is 17.9 Å². The molecule has 1 saturated carbocycles. The van der Waals surface area contributed by atoms with Gasteiger partial charge in [0.25, 0.3) is 5.91 Å². The molecule has 3 aromatic carbocycles. The molecule has 1 spiro atoms. The Kier molecular flexibility index (Phi) is 12.8. The molecular weight excluding hydrogens is 843 g/mol. The smallest absolute Gasteiger partial charge is 0.355 e. The van der Waals surface area contributed by atoms with Crippen LogP contribution in [0.4, 0.5) is 4.39 Å². The molecule has 16 heteroatoms. The summed E-state index contributed by atoms with van der Waals surface area (Å²) in [6, 6.07) is 23.3. The van der Waals surface area contributed by atoms with E-state index in [-0.39, 0.29) is 46.6 Å². The summed E-state index contributed by atoms with van der Waals surface area (Å²) in [5.41, 5.74) is 0.744. The molecule has 328 valence electrons. The van der Waals surface area contributed by atoms with Gasteiger partial charge < -0.3 is 24.4 Å². The number of alkyl halides is 1. The fourth-order valence-electron chi connectivity index (χ4n) is 9.65. The van der Waals surface area contributed by atoms with E-state index in [1.54, 1.807) is 53.4 Å². The number of nitrogens with zero attached hydrogens (tertiary/aromatic N) is 4. The van der Waals surface area contributed by atoms with Crippen LogP contribution < -0.4 is 14.9 Å². The minimum absolute atomic E-state index is 0.00760. The summed E-state index contributed by atoms with van der Waals surface area (Å²) in [6.45, 7) is 3.74. The van der Waals surface area contributed by atoms with Crippen LogP contribution in [-0.2, 0) is 23.7 Å². The number of hydrogen-bond acceptors (Lipinski definition) is 10. The van der Waals surface area contributed by atoms with Gasteiger partial charge in [0.1, 0.15) is 23.9 Å². The lowest BCUT2D eigenvalue weighted by atomic mass is 9.84. The first-order valence-corrected chi connectivity index (χ1v) is 24.2. The molecule has 0 radical (unpaired) electrons. The Labute approximate surface area is 370 Å². The fraction of sp³-hybridized carbons (Fsp3) is 0.447. The van der Waals surface area contributed by atoms with Crippen LogP contribution in [0.1, 0.15) is 110 Å². The predicted molar refractivity (Wildman–Crippen MR) is 234 cm³/mol. The van der Waals surface area contributed by atoms with Crippen molar-refractivity contribution >= 4 is 52.6 Å².